The van der Waals surface area contributed by atoms with Gasteiger partial charge < -0.3 is 13.7 Å². The molecule has 3 heterocycles. The molecule has 1 fully saturated rings. The summed E-state index contributed by atoms with van der Waals surface area (Å²) in [5.41, 5.74) is 1.11. The van der Waals surface area contributed by atoms with Crippen LogP contribution >= 0.6 is 0 Å². The van der Waals surface area contributed by atoms with Crippen LogP contribution in [0.5, 0.6) is 5.75 Å². The lowest BCUT2D eigenvalue weighted by molar-refractivity contribution is 0.0743. The average molecular weight is 374 g/mol. The number of para-hydroxylation sites is 1. The third kappa shape index (κ3) is 3.02. The molecule has 0 N–H and O–H groups in total. The molecule has 3 aromatic rings. The van der Waals surface area contributed by atoms with Gasteiger partial charge in [0.1, 0.15) is 11.9 Å². The number of ether oxygens (including phenoxy) is 1. The molecule has 7 nitrogen and oxygen atoms in total. The molecular weight excluding hydrogens is 356 g/mol. The summed E-state index contributed by atoms with van der Waals surface area (Å²) in [6.45, 7) is 2.64. The molecule has 1 aliphatic heterocycles. The SMILES string of the molecule is CCc1ccccc1OC1CN(S(=O)(=O)c2ccc(-c3ccno3)o2)C1. The highest BCUT2D eigenvalue weighted by Crippen LogP contribution is 2.30. The third-order valence-corrected chi connectivity index (χ3v) is 6.02. The van der Waals surface area contributed by atoms with Crippen molar-refractivity contribution in [3.8, 4) is 17.3 Å². The Bertz CT molecular complexity index is 988. The third-order valence-electron chi connectivity index (χ3n) is 4.32. The monoisotopic (exact) mass is 374 g/mol. The number of aryl methyl sites for hydroxylation is 1. The van der Waals surface area contributed by atoms with Crippen LogP contribution in [0.25, 0.3) is 11.5 Å². The van der Waals surface area contributed by atoms with Crippen LogP contribution in [0.3, 0.4) is 0 Å². The van der Waals surface area contributed by atoms with Crippen molar-refractivity contribution in [2.24, 2.45) is 0 Å². The Morgan fingerprint density at radius 1 is 1.15 bits per heavy atom. The molecule has 1 aromatic carbocycles. The first-order chi connectivity index (χ1) is 12.6. The maximum atomic E-state index is 12.6. The number of furan rings is 1. The van der Waals surface area contributed by atoms with Crippen LogP contribution in [0.4, 0.5) is 0 Å². The van der Waals surface area contributed by atoms with Crippen molar-refractivity contribution >= 4 is 10.0 Å². The summed E-state index contributed by atoms with van der Waals surface area (Å²) in [5, 5.41) is 3.47. The van der Waals surface area contributed by atoms with Gasteiger partial charge in [-0.3, -0.25) is 0 Å². The van der Waals surface area contributed by atoms with Gasteiger partial charge in [0.25, 0.3) is 10.0 Å². The minimum atomic E-state index is -3.69. The topological polar surface area (TPSA) is 85.8 Å². The number of hydrogen-bond acceptors (Lipinski definition) is 6. The lowest BCUT2D eigenvalue weighted by atomic mass is 10.1. The number of aromatic nitrogens is 1. The van der Waals surface area contributed by atoms with Crippen molar-refractivity contribution in [1.29, 1.82) is 0 Å². The fourth-order valence-corrected chi connectivity index (χ4v) is 4.24. The van der Waals surface area contributed by atoms with Crippen LogP contribution in [-0.2, 0) is 16.4 Å². The van der Waals surface area contributed by atoms with Gasteiger partial charge in [0, 0.05) is 6.07 Å². The van der Waals surface area contributed by atoms with Crippen LogP contribution in [0, 0.1) is 0 Å². The summed E-state index contributed by atoms with van der Waals surface area (Å²) in [4.78, 5) is 0. The van der Waals surface area contributed by atoms with Gasteiger partial charge in [-0.1, -0.05) is 30.3 Å². The van der Waals surface area contributed by atoms with Crippen LogP contribution in [0.15, 0.2) is 62.7 Å². The van der Waals surface area contributed by atoms with Crippen molar-refractivity contribution < 1.29 is 22.1 Å². The Kier molecular flexibility index (Phi) is 4.29. The van der Waals surface area contributed by atoms with Crippen LogP contribution < -0.4 is 4.74 Å². The maximum absolute atomic E-state index is 12.6. The highest BCUT2D eigenvalue weighted by Gasteiger charge is 2.40. The van der Waals surface area contributed by atoms with Gasteiger partial charge in [-0.25, -0.2) is 8.42 Å². The minimum Gasteiger partial charge on any atom is -0.487 e. The first-order valence-corrected chi connectivity index (χ1v) is 9.77. The van der Waals surface area contributed by atoms with E-state index in [-0.39, 0.29) is 11.2 Å². The molecule has 136 valence electrons. The van der Waals surface area contributed by atoms with E-state index >= 15 is 0 Å². The Morgan fingerprint density at radius 2 is 1.96 bits per heavy atom. The zero-order chi connectivity index (χ0) is 18.1. The first-order valence-electron chi connectivity index (χ1n) is 8.33. The summed E-state index contributed by atoms with van der Waals surface area (Å²) >= 11 is 0. The zero-order valence-corrected chi connectivity index (χ0v) is 15.0. The summed E-state index contributed by atoms with van der Waals surface area (Å²) < 4.78 is 43.0. The fourth-order valence-electron chi connectivity index (χ4n) is 2.82. The van der Waals surface area contributed by atoms with Crippen molar-refractivity contribution in [3.05, 3.63) is 54.2 Å². The standard InChI is InChI=1S/C18H18N2O5S/c1-2-13-5-3-4-6-15(13)23-14-11-20(12-14)26(21,22)18-8-7-16(24-18)17-9-10-19-25-17/h3-10,14H,2,11-12H2,1H3. The van der Waals surface area contributed by atoms with Gasteiger partial charge in [-0.2, -0.15) is 4.31 Å². The van der Waals surface area contributed by atoms with Crippen molar-refractivity contribution in [2.45, 2.75) is 24.5 Å². The number of rotatable bonds is 6. The molecular formula is C18H18N2O5S. The van der Waals surface area contributed by atoms with Crippen molar-refractivity contribution in [1.82, 2.24) is 9.46 Å². The highest BCUT2D eigenvalue weighted by molar-refractivity contribution is 7.89. The molecule has 0 aliphatic carbocycles. The van der Waals surface area contributed by atoms with E-state index in [0.717, 1.165) is 17.7 Å². The summed E-state index contributed by atoms with van der Waals surface area (Å²) in [5.74, 6) is 1.52. The molecule has 26 heavy (non-hydrogen) atoms. The second-order valence-electron chi connectivity index (χ2n) is 6.02. The van der Waals surface area contributed by atoms with Gasteiger partial charge in [-0.15, -0.1) is 0 Å². The lowest BCUT2D eigenvalue weighted by Crippen LogP contribution is -2.55. The predicted octanol–water partition coefficient (Wildman–Crippen LogP) is 2.95. The van der Waals surface area contributed by atoms with E-state index < -0.39 is 10.0 Å². The summed E-state index contributed by atoms with van der Waals surface area (Å²) in [7, 11) is -3.69. The molecule has 0 bridgehead atoms. The van der Waals surface area contributed by atoms with E-state index in [9.17, 15) is 8.42 Å². The van der Waals surface area contributed by atoms with Gasteiger partial charge >= 0.3 is 0 Å². The number of hydrogen-bond donors (Lipinski definition) is 0. The Labute approximate surface area is 151 Å². The number of nitrogens with zero attached hydrogens (tertiary/aromatic N) is 2. The molecule has 1 saturated heterocycles. The van der Waals surface area contributed by atoms with Gasteiger partial charge in [-0.05, 0) is 30.2 Å². The van der Waals surface area contributed by atoms with Gasteiger partial charge in [0.2, 0.25) is 10.9 Å². The molecule has 0 saturated carbocycles. The van der Waals surface area contributed by atoms with Gasteiger partial charge in [0.15, 0.2) is 5.76 Å². The van der Waals surface area contributed by atoms with Crippen LogP contribution in [0.2, 0.25) is 0 Å². The van der Waals surface area contributed by atoms with E-state index in [0.29, 0.717) is 24.6 Å². The van der Waals surface area contributed by atoms with Crippen molar-refractivity contribution in [3.63, 3.8) is 0 Å². The molecule has 1 aliphatic rings. The molecule has 0 unspecified atom stereocenters. The average Bonchev–Trinajstić information content (AvgIpc) is 3.28. The second kappa shape index (κ2) is 6.62. The largest absolute Gasteiger partial charge is 0.487 e. The molecule has 0 amide bonds. The number of benzene rings is 1. The second-order valence-corrected chi connectivity index (χ2v) is 7.89. The van der Waals surface area contributed by atoms with Gasteiger partial charge in [0.05, 0.1) is 19.3 Å². The van der Waals surface area contributed by atoms with E-state index in [1.165, 1.54) is 16.6 Å². The Hall–Kier alpha value is -2.58. The highest BCUT2D eigenvalue weighted by atomic mass is 32.2. The predicted molar refractivity (Wildman–Crippen MR) is 93.2 cm³/mol. The molecule has 4 rings (SSSR count). The lowest BCUT2D eigenvalue weighted by Gasteiger charge is -2.37. The van der Waals surface area contributed by atoms with Crippen molar-refractivity contribution in [2.75, 3.05) is 13.1 Å². The van der Waals surface area contributed by atoms with E-state index in [4.69, 9.17) is 13.7 Å². The maximum Gasteiger partial charge on any atom is 0.276 e. The van der Waals surface area contributed by atoms with E-state index in [1.807, 2.05) is 24.3 Å². The Balaban J connectivity index is 1.43. The smallest absolute Gasteiger partial charge is 0.276 e. The minimum absolute atomic E-state index is 0.115. The quantitative estimate of drug-likeness (QED) is 0.659. The normalized spacial score (nSPS) is 15.7. The first kappa shape index (κ1) is 16.9. The molecule has 0 atom stereocenters. The fraction of sp³-hybridized carbons (Fsp3) is 0.278. The molecule has 8 heteroatoms. The summed E-state index contributed by atoms with van der Waals surface area (Å²) in [6, 6.07) is 12.4. The molecule has 0 spiro atoms. The van der Waals surface area contributed by atoms with E-state index in [2.05, 4.69) is 12.1 Å². The number of sulfonamides is 1. The van der Waals surface area contributed by atoms with Crippen LogP contribution in [0.1, 0.15) is 12.5 Å². The van der Waals surface area contributed by atoms with E-state index in [1.54, 1.807) is 12.1 Å². The molecule has 2 aromatic heterocycles. The molecule has 0 radical (unpaired) electrons. The summed E-state index contributed by atoms with van der Waals surface area (Å²) in [6.07, 6.45) is 2.17. The Morgan fingerprint density at radius 3 is 2.69 bits per heavy atom. The van der Waals surface area contributed by atoms with Crippen LogP contribution in [-0.4, -0.2) is 37.1 Å². The zero-order valence-electron chi connectivity index (χ0n) is 14.2.